The highest BCUT2D eigenvalue weighted by atomic mass is 35.5. The molecule has 0 saturated carbocycles. The van der Waals surface area contributed by atoms with Crippen LogP contribution in [0.3, 0.4) is 0 Å². The minimum Gasteiger partial charge on any atom is -0.459 e. The lowest BCUT2D eigenvalue weighted by atomic mass is 10.1. The molecule has 2 heterocycles. The zero-order valence-electron chi connectivity index (χ0n) is 11.9. The van der Waals surface area contributed by atoms with Crippen molar-refractivity contribution in [2.45, 2.75) is 25.9 Å². The molecule has 0 spiro atoms. The number of benzene rings is 1. The molecular formula is C16H16ClN3O. The van der Waals surface area contributed by atoms with Gasteiger partial charge in [-0.3, -0.25) is 15.3 Å². The van der Waals surface area contributed by atoms with Crippen LogP contribution in [0, 0.1) is 0 Å². The molecule has 5 heteroatoms. The maximum Gasteiger partial charge on any atom is 0.134 e. The Morgan fingerprint density at radius 3 is 2.76 bits per heavy atom. The van der Waals surface area contributed by atoms with Gasteiger partial charge in [0.05, 0.1) is 11.7 Å². The molecule has 1 N–H and O–H groups in total. The predicted molar refractivity (Wildman–Crippen MR) is 83.2 cm³/mol. The van der Waals surface area contributed by atoms with Crippen LogP contribution in [0.2, 0.25) is 5.02 Å². The fourth-order valence-electron chi connectivity index (χ4n) is 2.32. The Morgan fingerprint density at radius 1 is 1.14 bits per heavy atom. The second kappa shape index (κ2) is 5.84. The summed E-state index contributed by atoms with van der Waals surface area (Å²) in [6, 6.07) is 7.79. The highest BCUT2D eigenvalue weighted by Gasteiger charge is 2.16. The third-order valence-electron chi connectivity index (χ3n) is 3.45. The Balaban J connectivity index is 1.79. The molecule has 4 nitrogen and oxygen atoms in total. The van der Waals surface area contributed by atoms with Crippen LogP contribution in [-0.2, 0) is 0 Å². The van der Waals surface area contributed by atoms with Crippen molar-refractivity contribution in [1.29, 1.82) is 0 Å². The third-order valence-corrected chi connectivity index (χ3v) is 3.69. The topological polar surface area (TPSA) is 51.0 Å². The summed E-state index contributed by atoms with van der Waals surface area (Å²) in [7, 11) is 0. The molecule has 2 aromatic heterocycles. The summed E-state index contributed by atoms with van der Waals surface area (Å²) in [5.41, 5.74) is 1.75. The number of rotatable bonds is 4. The van der Waals surface area contributed by atoms with E-state index in [0.29, 0.717) is 5.02 Å². The highest BCUT2D eigenvalue weighted by molar-refractivity contribution is 6.31. The molecule has 0 amide bonds. The first-order valence-electron chi connectivity index (χ1n) is 6.84. The smallest absolute Gasteiger partial charge is 0.134 e. The van der Waals surface area contributed by atoms with Crippen molar-refractivity contribution < 1.29 is 4.42 Å². The Morgan fingerprint density at radius 2 is 2.00 bits per heavy atom. The van der Waals surface area contributed by atoms with E-state index in [0.717, 1.165) is 22.4 Å². The summed E-state index contributed by atoms with van der Waals surface area (Å²) in [6.45, 7) is 4.12. The van der Waals surface area contributed by atoms with Crippen LogP contribution in [0.4, 0.5) is 0 Å². The van der Waals surface area contributed by atoms with E-state index in [1.165, 1.54) is 0 Å². The van der Waals surface area contributed by atoms with Gasteiger partial charge in [0.25, 0.3) is 0 Å². The van der Waals surface area contributed by atoms with Crippen LogP contribution in [0.5, 0.6) is 0 Å². The highest BCUT2D eigenvalue weighted by Crippen LogP contribution is 2.27. The molecule has 2 atom stereocenters. The first-order valence-corrected chi connectivity index (χ1v) is 7.22. The van der Waals surface area contributed by atoms with Crippen molar-refractivity contribution >= 4 is 22.6 Å². The third kappa shape index (κ3) is 3.06. The van der Waals surface area contributed by atoms with Gasteiger partial charge in [-0.05, 0) is 38.1 Å². The van der Waals surface area contributed by atoms with E-state index in [-0.39, 0.29) is 12.1 Å². The van der Waals surface area contributed by atoms with Crippen molar-refractivity contribution in [2.24, 2.45) is 0 Å². The molecule has 0 saturated heterocycles. The molecule has 0 unspecified atom stereocenters. The minimum atomic E-state index is 0.0631. The summed E-state index contributed by atoms with van der Waals surface area (Å²) in [5, 5.41) is 5.18. The second-order valence-corrected chi connectivity index (χ2v) is 5.51. The lowest BCUT2D eigenvalue weighted by Crippen LogP contribution is -2.22. The Labute approximate surface area is 128 Å². The normalized spacial score (nSPS) is 14.2. The van der Waals surface area contributed by atoms with E-state index >= 15 is 0 Å². The molecule has 3 rings (SSSR count). The van der Waals surface area contributed by atoms with Crippen LogP contribution >= 0.6 is 11.6 Å². The van der Waals surface area contributed by atoms with Crippen molar-refractivity contribution in [1.82, 2.24) is 15.3 Å². The second-order valence-electron chi connectivity index (χ2n) is 5.07. The molecule has 3 aromatic rings. The fraction of sp³-hybridized carbons (Fsp3) is 0.250. The van der Waals surface area contributed by atoms with E-state index < -0.39 is 0 Å². The maximum absolute atomic E-state index is 6.00. The lowest BCUT2D eigenvalue weighted by molar-refractivity contribution is 0.413. The van der Waals surface area contributed by atoms with Gasteiger partial charge >= 0.3 is 0 Å². The number of hydrogen-bond acceptors (Lipinski definition) is 4. The van der Waals surface area contributed by atoms with Crippen LogP contribution in [0.25, 0.3) is 11.0 Å². The van der Waals surface area contributed by atoms with Gasteiger partial charge in [0.2, 0.25) is 0 Å². The summed E-state index contributed by atoms with van der Waals surface area (Å²) in [6.07, 6.45) is 5.13. The first-order chi connectivity index (χ1) is 10.1. The largest absolute Gasteiger partial charge is 0.459 e. The van der Waals surface area contributed by atoms with E-state index in [9.17, 15) is 0 Å². The summed E-state index contributed by atoms with van der Waals surface area (Å²) in [4.78, 5) is 8.40. The molecular weight excluding hydrogens is 286 g/mol. The van der Waals surface area contributed by atoms with Gasteiger partial charge in [0, 0.05) is 35.0 Å². The average molecular weight is 302 g/mol. The molecule has 0 aliphatic rings. The summed E-state index contributed by atoms with van der Waals surface area (Å²) in [5.74, 6) is 0.878. The van der Waals surface area contributed by atoms with Crippen molar-refractivity contribution in [3.8, 4) is 0 Å². The van der Waals surface area contributed by atoms with Gasteiger partial charge in [0.15, 0.2) is 0 Å². The van der Waals surface area contributed by atoms with Gasteiger partial charge < -0.3 is 4.42 Å². The molecule has 21 heavy (non-hydrogen) atoms. The first kappa shape index (κ1) is 14.0. The quantitative estimate of drug-likeness (QED) is 0.781. The van der Waals surface area contributed by atoms with Gasteiger partial charge in [0.1, 0.15) is 11.3 Å². The molecule has 0 bridgehead atoms. The Kier molecular flexibility index (Phi) is 3.90. The average Bonchev–Trinajstić information content (AvgIpc) is 2.91. The van der Waals surface area contributed by atoms with E-state index in [1.54, 1.807) is 18.6 Å². The number of halogens is 1. The number of nitrogens with one attached hydrogen (secondary N) is 1. The van der Waals surface area contributed by atoms with Crippen molar-refractivity contribution in [2.75, 3.05) is 0 Å². The van der Waals surface area contributed by atoms with Crippen LogP contribution in [-0.4, -0.2) is 9.97 Å². The van der Waals surface area contributed by atoms with Crippen LogP contribution in [0.15, 0.2) is 47.3 Å². The van der Waals surface area contributed by atoms with Gasteiger partial charge in [-0.2, -0.15) is 0 Å². The number of aromatic nitrogens is 2. The predicted octanol–water partition coefficient (Wildman–Crippen LogP) is 4.29. The van der Waals surface area contributed by atoms with E-state index in [1.807, 2.05) is 24.3 Å². The number of nitrogens with zero attached hydrogens (tertiary/aromatic N) is 2. The molecule has 0 aliphatic heterocycles. The van der Waals surface area contributed by atoms with Crippen LogP contribution in [0.1, 0.15) is 37.4 Å². The van der Waals surface area contributed by atoms with Gasteiger partial charge in [-0.15, -0.1) is 0 Å². The summed E-state index contributed by atoms with van der Waals surface area (Å²) < 4.78 is 5.86. The van der Waals surface area contributed by atoms with Crippen molar-refractivity contribution in [3.05, 3.63) is 59.3 Å². The number of fused-ring (bicyclic) bond motifs is 1. The zero-order valence-corrected chi connectivity index (χ0v) is 12.6. The van der Waals surface area contributed by atoms with Gasteiger partial charge in [-0.25, -0.2) is 0 Å². The number of hydrogen-bond donors (Lipinski definition) is 1. The SMILES string of the molecule is C[C@H](N[C@@H](C)c1cc2cc(Cl)ccc2o1)c1cnccn1. The molecule has 108 valence electrons. The molecule has 0 fully saturated rings. The maximum atomic E-state index is 6.00. The zero-order chi connectivity index (χ0) is 14.8. The van der Waals surface area contributed by atoms with Gasteiger partial charge in [-0.1, -0.05) is 11.6 Å². The van der Waals surface area contributed by atoms with E-state index in [2.05, 4.69) is 29.1 Å². The molecule has 1 aromatic carbocycles. The lowest BCUT2D eigenvalue weighted by Gasteiger charge is -2.17. The Hall–Kier alpha value is -1.91. The summed E-state index contributed by atoms with van der Waals surface area (Å²) >= 11 is 6.00. The Bertz CT molecular complexity index is 742. The molecule has 0 aliphatic carbocycles. The van der Waals surface area contributed by atoms with Crippen LogP contribution < -0.4 is 5.32 Å². The molecule has 0 radical (unpaired) electrons. The fourth-order valence-corrected chi connectivity index (χ4v) is 2.51. The van der Waals surface area contributed by atoms with E-state index in [4.69, 9.17) is 16.0 Å². The number of furan rings is 1. The van der Waals surface area contributed by atoms with Crippen molar-refractivity contribution in [3.63, 3.8) is 0 Å². The standard InChI is InChI=1S/C16H16ClN3O/c1-10(14-9-18-5-6-19-14)20-11(2)16-8-12-7-13(17)3-4-15(12)21-16/h3-11,20H,1-2H3/t10-,11-/m0/s1. The monoisotopic (exact) mass is 301 g/mol. The minimum absolute atomic E-state index is 0.0631.